The van der Waals surface area contributed by atoms with Crippen LogP contribution in [0.3, 0.4) is 0 Å². The minimum absolute atomic E-state index is 0.404. The van der Waals surface area contributed by atoms with Crippen molar-refractivity contribution < 1.29 is 9.47 Å². The Morgan fingerprint density at radius 2 is 2.00 bits per heavy atom. The van der Waals surface area contributed by atoms with Gasteiger partial charge in [0.25, 0.3) is 0 Å². The Morgan fingerprint density at radius 1 is 1.28 bits per heavy atom. The Morgan fingerprint density at radius 3 is 2.60 bits per heavy atom. The van der Waals surface area contributed by atoms with Gasteiger partial charge in [-0.15, -0.1) is 0 Å². The molecule has 3 N–H and O–H groups in total. The molecule has 0 bridgehead atoms. The molecule has 140 valence electrons. The van der Waals surface area contributed by atoms with Crippen molar-refractivity contribution in [2.45, 2.75) is 27.3 Å². The second kappa shape index (κ2) is 11.4. The van der Waals surface area contributed by atoms with Crippen LogP contribution in [0.2, 0.25) is 0 Å². The third-order valence-electron chi connectivity index (χ3n) is 3.79. The summed E-state index contributed by atoms with van der Waals surface area (Å²) in [6, 6.07) is 5.83. The van der Waals surface area contributed by atoms with Gasteiger partial charge in [0, 0.05) is 13.1 Å². The molecule has 1 aromatic carbocycles. The predicted molar refractivity (Wildman–Crippen MR) is 104 cm³/mol. The van der Waals surface area contributed by atoms with Crippen LogP contribution in [0.4, 0.5) is 0 Å². The Bertz CT molecular complexity index is 569. The summed E-state index contributed by atoms with van der Waals surface area (Å²) in [5.74, 6) is 1.86. The smallest absolute Gasteiger partial charge is 0.189 e. The number of likely N-dealkylation sites (N-methyl/N-ethyl adjacent to an activating group) is 1. The van der Waals surface area contributed by atoms with Gasteiger partial charge in [-0.05, 0) is 37.7 Å². The third kappa shape index (κ3) is 7.94. The first-order valence-corrected chi connectivity index (χ1v) is 8.70. The van der Waals surface area contributed by atoms with Gasteiger partial charge in [-0.2, -0.15) is 0 Å². The van der Waals surface area contributed by atoms with E-state index in [2.05, 4.69) is 35.6 Å². The number of rotatable bonds is 11. The van der Waals surface area contributed by atoms with Crippen LogP contribution in [0.1, 0.15) is 26.3 Å². The number of guanidine groups is 1. The highest BCUT2D eigenvalue weighted by molar-refractivity contribution is 5.78. The SMILES string of the molecule is C=C(C)CNC(N)=NCc1ccc(OCCN(CC)CC)c(OC)c1. The lowest BCUT2D eigenvalue weighted by Gasteiger charge is -2.18. The van der Waals surface area contributed by atoms with Crippen LogP contribution < -0.4 is 20.5 Å². The molecule has 0 heterocycles. The maximum absolute atomic E-state index is 5.86. The zero-order valence-corrected chi connectivity index (χ0v) is 16.0. The zero-order valence-electron chi connectivity index (χ0n) is 16.0. The fourth-order valence-corrected chi connectivity index (χ4v) is 2.23. The van der Waals surface area contributed by atoms with E-state index in [0.29, 0.717) is 31.4 Å². The van der Waals surface area contributed by atoms with E-state index in [1.807, 2.05) is 25.1 Å². The van der Waals surface area contributed by atoms with Gasteiger partial charge in [-0.25, -0.2) is 4.99 Å². The molecule has 0 spiro atoms. The highest BCUT2D eigenvalue weighted by Gasteiger charge is 2.07. The molecule has 1 rings (SSSR count). The maximum atomic E-state index is 5.86. The Balaban J connectivity index is 2.62. The Kier molecular flexibility index (Phi) is 9.47. The highest BCUT2D eigenvalue weighted by atomic mass is 16.5. The van der Waals surface area contributed by atoms with E-state index < -0.39 is 0 Å². The molecule has 25 heavy (non-hydrogen) atoms. The van der Waals surface area contributed by atoms with Crippen molar-refractivity contribution in [1.82, 2.24) is 10.2 Å². The molecule has 1 aromatic rings. The number of methoxy groups -OCH3 is 1. The molecule has 0 aliphatic carbocycles. The van der Waals surface area contributed by atoms with Gasteiger partial charge in [0.05, 0.1) is 13.7 Å². The highest BCUT2D eigenvalue weighted by Crippen LogP contribution is 2.28. The maximum Gasteiger partial charge on any atom is 0.189 e. The summed E-state index contributed by atoms with van der Waals surface area (Å²) in [6.07, 6.45) is 0. The second-order valence-electron chi connectivity index (χ2n) is 5.87. The fourth-order valence-electron chi connectivity index (χ4n) is 2.23. The quantitative estimate of drug-likeness (QED) is 0.365. The average molecular weight is 348 g/mol. The van der Waals surface area contributed by atoms with E-state index in [0.717, 1.165) is 36.5 Å². The first-order chi connectivity index (χ1) is 12.0. The van der Waals surface area contributed by atoms with Crippen LogP contribution in [0.25, 0.3) is 0 Å². The number of ether oxygens (including phenoxy) is 2. The molecule has 0 fully saturated rings. The first kappa shape index (κ1) is 20.8. The zero-order chi connectivity index (χ0) is 18.7. The molecule has 0 amide bonds. The summed E-state index contributed by atoms with van der Waals surface area (Å²) in [5, 5.41) is 3.01. The molecule has 0 unspecified atom stereocenters. The number of benzene rings is 1. The summed E-state index contributed by atoms with van der Waals surface area (Å²) in [6.45, 7) is 14.7. The van der Waals surface area contributed by atoms with Gasteiger partial charge >= 0.3 is 0 Å². The molecule has 0 saturated heterocycles. The Labute approximate surface area is 151 Å². The van der Waals surface area contributed by atoms with Crippen molar-refractivity contribution >= 4 is 5.96 Å². The predicted octanol–water partition coefficient (Wildman–Crippen LogP) is 2.40. The lowest BCUT2D eigenvalue weighted by Crippen LogP contribution is -2.32. The van der Waals surface area contributed by atoms with E-state index in [4.69, 9.17) is 15.2 Å². The number of nitrogens with two attached hydrogens (primary N) is 1. The molecule has 0 aromatic heterocycles. The monoisotopic (exact) mass is 348 g/mol. The molecule has 0 atom stereocenters. The van der Waals surface area contributed by atoms with Crippen molar-refractivity contribution in [3.8, 4) is 11.5 Å². The van der Waals surface area contributed by atoms with Crippen LogP contribution in [-0.2, 0) is 6.54 Å². The van der Waals surface area contributed by atoms with Crippen LogP contribution in [0.15, 0.2) is 35.3 Å². The van der Waals surface area contributed by atoms with Gasteiger partial charge < -0.3 is 25.4 Å². The third-order valence-corrected chi connectivity index (χ3v) is 3.79. The molecule has 0 aliphatic heterocycles. The van der Waals surface area contributed by atoms with E-state index in [-0.39, 0.29) is 0 Å². The molecule has 0 saturated carbocycles. The van der Waals surface area contributed by atoms with Crippen LogP contribution >= 0.6 is 0 Å². The largest absolute Gasteiger partial charge is 0.493 e. The van der Waals surface area contributed by atoms with Crippen molar-refractivity contribution in [1.29, 1.82) is 0 Å². The number of hydrogen-bond donors (Lipinski definition) is 2. The van der Waals surface area contributed by atoms with Crippen molar-refractivity contribution in [2.75, 3.05) is 39.9 Å². The van der Waals surface area contributed by atoms with Crippen LogP contribution in [0.5, 0.6) is 11.5 Å². The molecule has 0 radical (unpaired) electrons. The van der Waals surface area contributed by atoms with Crippen LogP contribution in [0, 0.1) is 0 Å². The molecule has 0 aliphatic rings. The lowest BCUT2D eigenvalue weighted by atomic mass is 10.2. The van der Waals surface area contributed by atoms with Gasteiger partial charge in [-0.1, -0.05) is 32.1 Å². The van der Waals surface area contributed by atoms with E-state index in [9.17, 15) is 0 Å². The number of hydrogen-bond acceptors (Lipinski definition) is 4. The van der Waals surface area contributed by atoms with Gasteiger partial charge in [0.15, 0.2) is 17.5 Å². The van der Waals surface area contributed by atoms with Gasteiger partial charge in [0.1, 0.15) is 6.61 Å². The summed E-state index contributed by atoms with van der Waals surface area (Å²) >= 11 is 0. The van der Waals surface area contributed by atoms with E-state index >= 15 is 0 Å². The number of nitrogens with one attached hydrogen (secondary N) is 1. The van der Waals surface area contributed by atoms with Crippen LogP contribution in [-0.4, -0.2) is 50.8 Å². The first-order valence-electron chi connectivity index (χ1n) is 8.70. The van der Waals surface area contributed by atoms with E-state index in [1.165, 1.54) is 0 Å². The minimum Gasteiger partial charge on any atom is -0.493 e. The summed E-state index contributed by atoms with van der Waals surface area (Å²) < 4.78 is 11.3. The van der Waals surface area contributed by atoms with Gasteiger partial charge in [0.2, 0.25) is 0 Å². The standard InChI is InChI=1S/C19H32N4O2/c1-6-23(7-2)10-11-25-17-9-8-16(12-18(17)24-5)14-22-19(20)21-13-15(3)4/h8-9,12H,3,6-7,10-11,13-14H2,1-2,4-5H3,(H3,20,21,22). The molecular weight excluding hydrogens is 316 g/mol. The number of nitrogens with zero attached hydrogens (tertiary/aromatic N) is 2. The molecule has 6 nitrogen and oxygen atoms in total. The Hall–Kier alpha value is -2.21. The van der Waals surface area contributed by atoms with Crippen molar-refractivity contribution in [3.05, 3.63) is 35.9 Å². The second-order valence-corrected chi connectivity index (χ2v) is 5.87. The minimum atomic E-state index is 0.404. The fraction of sp³-hybridized carbons (Fsp3) is 0.526. The molecular formula is C19H32N4O2. The lowest BCUT2D eigenvalue weighted by molar-refractivity contribution is 0.217. The topological polar surface area (TPSA) is 72.1 Å². The number of aliphatic imine (C=N–C) groups is 1. The van der Waals surface area contributed by atoms with E-state index in [1.54, 1.807) is 7.11 Å². The van der Waals surface area contributed by atoms with Crippen molar-refractivity contribution in [2.24, 2.45) is 10.7 Å². The summed E-state index contributed by atoms with van der Waals surface area (Å²) in [4.78, 5) is 6.63. The van der Waals surface area contributed by atoms with Gasteiger partial charge in [-0.3, -0.25) is 0 Å². The molecule has 6 heteroatoms. The normalized spacial score (nSPS) is 11.5. The summed E-state index contributed by atoms with van der Waals surface area (Å²) in [7, 11) is 1.64. The van der Waals surface area contributed by atoms with Crippen molar-refractivity contribution in [3.63, 3.8) is 0 Å². The summed E-state index contributed by atoms with van der Waals surface area (Å²) in [5.41, 5.74) is 7.84. The average Bonchev–Trinajstić information content (AvgIpc) is 2.62.